The zero-order chi connectivity index (χ0) is 19.8. The molecule has 7 heteroatoms. The summed E-state index contributed by atoms with van der Waals surface area (Å²) >= 11 is 0. The number of benzene rings is 2. The molecule has 0 saturated carbocycles. The molecule has 0 bridgehead atoms. The van der Waals surface area contributed by atoms with Gasteiger partial charge in [0.15, 0.2) is 0 Å². The molecule has 2 aliphatic rings. The highest BCUT2D eigenvalue weighted by Crippen LogP contribution is 2.46. The summed E-state index contributed by atoms with van der Waals surface area (Å²) in [7, 11) is 1.61. The molecule has 0 N–H and O–H groups in total. The molecule has 2 aromatic carbocycles. The van der Waals surface area contributed by atoms with Gasteiger partial charge in [-0.2, -0.15) is 5.10 Å². The number of methoxy groups -OCH3 is 1. The molecule has 2 atom stereocenters. The molecule has 2 aromatic rings. The van der Waals surface area contributed by atoms with Crippen molar-refractivity contribution in [1.29, 1.82) is 0 Å². The molecule has 144 valence electrons. The van der Waals surface area contributed by atoms with Crippen molar-refractivity contribution < 1.29 is 14.5 Å². The number of aryl methyl sites for hydroxylation is 1. The van der Waals surface area contributed by atoms with Crippen molar-refractivity contribution in [3.8, 4) is 5.75 Å². The monoisotopic (exact) mass is 379 g/mol. The zero-order valence-corrected chi connectivity index (χ0v) is 15.8. The molecular weight excluding hydrogens is 358 g/mol. The van der Waals surface area contributed by atoms with Crippen LogP contribution in [0.1, 0.15) is 42.5 Å². The third kappa shape index (κ3) is 2.83. The lowest BCUT2D eigenvalue weighted by molar-refractivity contribution is -0.386. The normalized spacial score (nSPS) is 20.2. The van der Waals surface area contributed by atoms with Gasteiger partial charge in [0.25, 0.3) is 5.69 Å². The number of nitro benzene ring substituents is 1. The number of fused-ring (bicyclic) bond motifs is 3. The molecule has 0 spiro atoms. The quantitative estimate of drug-likeness (QED) is 0.596. The number of nitrogens with zero attached hydrogens (tertiary/aromatic N) is 3. The second-order valence-corrected chi connectivity index (χ2v) is 7.01. The highest BCUT2D eigenvalue weighted by molar-refractivity contribution is 6.07. The molecule has 0 unspecified atom stereocenters. The van der Waals surface area contributed by atoms with E-state index in [0.717, 1.165) is 35.4 Å². The number of para-hydroxylation sites is 1. The first-order chi connectivity index (χ1) is 13.5. The van der Waals surface area contributed by atoms with E-state index in [1.807, 2.05) is 18.2 Å². The Kier molecular flexibility index (Phi) is 4.58. The summed E-state index contributed by atoms with van der Waals surface area (Å²) in [6, 6.07) is 12.1. The van der Waals surface area contributed by atoms with Gasteiger partial charge in [-0.25, -0.2) is 5.01 Å². The van der Waals surface area contributed by atoms with Gasteiger partial charge in [0, 0.05) is 24.0 Å². The van der Waals surface area contributed by atoms with E-state index >= 15 is 0 Å². The van der Waals surface area contributed by atoms with Gasteiger partial charge in [-0.15, -0.1) is 0 Å². The predicted molar refractivity (Wildman–Crippen MR) is 104 cm³/mol. The first-order valence-electron chi connectivity index (χ1n) is 9.36. The summed E-state index contributed by atoms with van der Waals surface area (Å²) in [5, 5.41) is 17.7. The Labute approximate surface area is 162 Å². The van der Waals surface area contributed by atoms with Gasteiger partial charge in [0.1, 0.15) is 5.75 Å². The number of hydrazone groups is 1. The molecule has 1 heterocycles. The fourth-order valence-corrected chi connectivity index (χ4v) is 4.20. The van der Waals surface area contributed by atoms with E-state index in [1.54, 1.807) is 32.2 Å². The van der Waals surface area contributed by atoms with E-state index in [1.165, 1.54) is 11.1 Å². The lowest BCUT2D eigenvalue weighted by Gasteiger charge is -2.29. The summed E-state index contributed by atoms with van der Waals surface area (Å²) in [5.74, 6) is 0.496. The fraction of sp³-hybridized carbons (Fsp3) is 0.333. The van der Waals surface area contributed by atoms with E-state index in [4.69, 9.17) is 4.74 Å². The molecular formula is C21H21N3O4. The maximum Gasteiger partial charge on any atom is 0.274 e. The first-order valence-corrected chi connectivity index (χ1v) is 9.36. The molecule has 1 amide bonds. The highest BCUT2D eigenvalue weighted by atomic mass is 16.6. The van der Waals surface area contributed by atoms with Crippen molar-refractivity contribution in [2.45, 2.75) is 32.2 Å². The molecule has 1 aliphatic carbocycles. The van der Waals surface area contributed by atoms with Crippen LogP contribution in [0.15, 0.2) is 47.6 Å². The van der Waals surface area contributed by atoms with Crippen LogP contribution in [0.25, 0.3) is 0 Å². The van der Waals surface area contributed by atoms with Crippen LogP contribution in [0, 0.1) is 16.0 Å². The van der Waals surface area contributed by atoms with Crippen LogP contribution in [0.5, 0.6) is 5.75 Å². The number of hydrogen-bond acceptors (Lipinski definition) is 5. The smallest absolute Gasteiger partial charge is 0.274 e. The van der Waals surface area contributed by atoms with Gasteiger partial charge in [-0.3, -0.25) is 14.9 Å². The van der Waals surface area contributed by atoms with Crippen molar-refractivity contribution >= 4 is 17.3 Å². The van der Waals surface area contributed by atoms with Crippen LogP contribution in [0.3, 0.4) is 0 Å². The number of hydrogen-bond donors (Lipinski definition) is 0. The minimum atomic E-state index is -0.469. The predicted octanol–water partition coefficient (Wildman–Crippen LogP) is 3.86. The van der Waals surface area contributed by atoms with Crippen molar-refractivity contribution in [2.75, 3.05) is 7.11 Å². The number of nitro groups is 1. The standard InChI is InChI=1S/C21H21N3O4/c1-3-19(25)23-21(15-6-4-5-7-18(15)24(26)27)16-11-9-13-8-10-14(28-2)12-17(13)20(16)22-23/h4-8,10,12,16,21H,3,9,11H2,1-2H3/t16-,21+/m1/s1. The molecule has 0 radical (unpaired) electrons. The number of rotatable bonds is 4. The summed E-state index contributed by atoms with van der Waals surface area (Å²) in [6.07, 6.45) is 1.89. The van der Waals surface area contributed by atoms with Crippen LogP contribution < -0.4 is 4.74 Å². The Balaban J connectivity index is 1.86. The van der Waals surface area contributed by atoms with Crippen molar-refractivity contribution in [2.24, 2.45) is 11.0 Å². The zero-order valence-electron chi connectivity index (χ0n) is 15.8. The average molecular weight is 379 g/mol. The van der Waals surface area contributed by atoms with Crippen molar-refractivity contribution in [3.63, 3.8) is 0 Å². The minimum Gasteiger partial charge on any atom is -0.497 e. The number of amides is 1. The van der Waals surface area contributed by atoms with Crippen molar-refractivity contribution in [3.05, 3.63) is 69.3 Å². The Morgan fingerprint density at radius 3 is 2.82 bits per heavy atom. The van der Waals surface area contributed by atoms with E-state index in [-0.39, 0.29) is 28.9 Å². The van der Waals surface area contributed by atoms with E-state index < -0.39 is 6.04 Å². The second-order valence-electron chi connectivity index (χ2n) is 7.01. The first kappa shape index (κ1) is 18.2. The van der Waals surface area contributed by atoms with Gasteiger partial charge in [0.05, 0.1) is 29.4 Å². The third-order valence-corrected chi connectivity index (χ3v) is 5.54. The van der Waals surface area contributed by atoms with Gasteiger partial charge in [0.2, 0.25) is 5.91 Å². The summed E-state index contributed by atoms with van der Waals surface area (Å²) in [6.45, 7) is 1.78. The number of carbonyl (C=O) groups excluding carboxylic acids is 1. The highest BCUT2D eigenvalue weighted by Gasteiger charge is 2.45. The van der Waals surface area contributed by atoms with Gasteiger partial charge in [-0.05, 0) is 36.6 Å². The van der Waals surface area contributed by atoms with Crippen LogP contribution >= 0.6 is 0 Å². The van der Waals surface area contributed by atoms with E-state index in [2.05, 4.69) is 5.10 Å². The van der Waals surface area contributed by atoms with Crippen molar-refractivity contribution in [1.82, 2.24) is 5.01 Å². The SMILES string of the molecule is CCC(=O)N1N=C2c3cc(OC)ccc3CC[C@H]2[C@@H]1c1ccccc1[N+](=O)[O-]. The lowest BCUT2D eigenvalue weighted by atomic mass is 9.77. The molecule has 0 aromatic heterocycles. The summed E-state index contributed by atoms with van der Waals surface area (Å²) in [4.78, 5) is 23.9. The molecule has 0 saturated heterocycles. The average Bonchev–Trinajstić information content (AvgIpc) is 3.12. The van der Waals surface area contributed by atoms with Gasteiger partial charge in [-0.1, -0.05) is 25.1 Å². The number of ether oxygens (including phenoxy) is 1. The maximum atomic E-state index is 12.7. The molecule has 0 fully saturated rings. The fourth-order valence-electron chi connectivity index (χ4n) is 4.20. The Morgan fingerprint density at radius 2 is 2.11 bits per heavy atom. The molecule has 4 rings (SSSR count). The summed E-state index contributed by atoms with van der Waals surface area (Å²) in [5.41, 5.74) is 3.48. The molecule has 28 heavy (non-hydrogen) atoms. The number of carbonyl (C=O) groups is 1. The van der Waals surface area contributed by atoms with Crippen LogP contribution in [0.2, 0.25) is 0 Å². The van der Waals surface area contributed by atoms with Gasteiger partial charge < -0.3 is 4.74 Å². The Hall–Kier alpha value is -3.22. The Morgan fingerprint density at radius 1 is 1.32 bits per heavy atom. The minimum absolute atomic E-state index is 0.0225. The van der Waals surface area contributed by atoms with Crippen LogP contribution in [-0.4, -0.2) is 28.7 Å². The van der Waals surface area contributed by atoms with Gasteiger partial charge >= 0.3 is 0 Å². The lowest BCUT2D eigenvalue weighted by Crippen LogP contribution is -2.32. The second kappa shape index (κ2) is 7.07. The summed E-state index contributed by atoms with van der Waals surface area (Å²) < 4.78 is 5.36. The van der Waals surface area contributed by atoms with E-state index in [0.29, 0.717) is 5.56 Å². The maximum absolute atomic E-state index is 12.7. The van der Waals surface area contributed by atoms with E-state index in [9.17, 15) is 14.9 Å². The molecule has 1 aliphatic heterocycles. The van der Waals surface area contributed by atoms with Crippen LogP contribution in [0.4, 0.5) is 5.69 Å². The van der Waals surface area contributed by atoms with Crippen LogP contribution in [-0.2, 0) is 11.2 Å². The Bertz CT molecular complexity index is 985. The third-order valence-electron chi connectivity index (χ3n) is 5.54. The largest absolute Gasteiger partial charge is 0.497 e. The molecule has 7 nitrogen and oxygen atoms in total. The topological polar surface area (TPSA) is 85.0 Å².